The highest BCUT2D eigenvalue weighted by Gasteiger charge is 2.11. The van der Waals surface area contributed by atoms with E-state index in [0.29, 0.717) is 12.2 Å². The first kappa shape index (κ1) is 14.9. The highest BCUT2D eigenvalue weighted by atomic mass is 79.9. The van der Waals surface area contributed by atoms with Crippen molar-refractivity contribution in [2.24, 2.45) is 0 Å². The molecule has 0 atom stereocenters. The minimum absolute atomic E-state index is 0.340. The van der Waals surface area contributed by atoms with Gasteiger partial charge in [-0.05, 0) is 43.2 Å². The zero-order chi connectivity index (χ0) is 15.7. The van der Waals surface area contributed by atoms with Crippen LogP contribution in [0.2, 0.25) is 0 Å². The molecule has 0 aliphatic rings. The van der Waals surface area contributed by atoms with Gasteiger partial charge in [-0.15, -0.1) is 0 Å². The van der Waals surface area contributed by atoms with E-state index in [9.17, 15) is 4.79 Å². The van der Waals surface area contributed by atoms with Crippen molar-refractivity contribution in [3.63, 3.8) is 0 Å². The van der Waals surface area contributed by atoms with Crippen molar-refractivity contribution in [2.45, 2.75) is 20.5 Å². The van der Waals surface area contributed by atoms with E-state index < -0.39 is 0 Å². The third kappa shape index (κ3) is 2.92. The Labute approximate surface area is 136 Å². The molecule has 3 rings (SSSR count). The van der Waals surface area contributed by atoms with Crippen molar-refractivity contribution in [1.29, 1.82) is 0 Å². The standard InChI is InChI=1S/C18H15BrO3/c1-11-7-15(21-10-13-5-3-4-6-14(13)19)18-12(2)9-17(20)22-16(18)8-11/h3-9H,10H2,1-2H3. The van der Waals surface area contributed by atoms with E-state index in [1.165, 1.54) is 6.07 Å². The molecule has 0 saturated heterocycles. The first-order valence-corrected chi connectivity index (χ1v) is 7.75. The van der Waals surface area contributed by atoms with Crippen LogP contribution in [0, 0.1) is 13.8 Å². The predicted molar refractivity (Wildman–Crippen MR) is 90.4 cm³/mol. The Balaban J connectivity index is 2.03. The number of fused-ring (bicyclic) bond motifs is 1. The van der Waals surface area contributed by atoms with Gasteiger partial charge >= 0.3 is 5.63 Å². The van der Waals surface area contributed by atoms with Gasteiger partial charge in [0.25, 0.3) is 0 Å². The predicted octanol–water partition coefficient (Wildman–Crippen LogP) is 4.75. The Kier molecular flexibility index (Phi) is 4.03. The minimum Gasteiger partial charge on any atom is -0.488 e. The maximum atomic E-state index is 11.5. The molecule has 22 heavy (non-hydrogen) atoms. The number of rotatable bonds is 3. The smallest absolute Gasteiger partial charge is 0.336 e. The summed E-state index contributed by atoms with van der Waals surface area (Å²) >= 11 is 3.52. The third-order valence-electron chi connectivity index (χ3n) is 3.49. The number of hydrogen-bond acceptors (Lipinski definition) is 3. The second kappa shape index (κ2) is 5.97. The molecule has 4 heteroatoms. The fraction of sp³-hybridized carbons (Fsp3) is 0.167. The molecular formula is C18H15BrO3. The van der Waals surface area contributed by atoms with Gasteiger partial charge in [-0.25, -0.2) is 4.79 Å². The van der Waals surface area contributed by atoms with Gasteiger partial charge in [0.05, 0.1) is 5.39 Å². The topological polar surface area (TPSA) is 39.4 Å². The molecule has 1 aromatic heterocycles. The number of halogens is 1. The lowest BCUT2D eigenvalue weighted by molar-refractivity contribution is 0.308. The van der Waals surface area contributed by atoms with E-state index in [4.69, 9.17) is 9.15 Å². The molecule has 0 bridgehead atoms. The average molecular weight is 359 g/mol. The van der Waals surface area contributed by atoms with E-state index >= 15 is 0 Å². The van der Waals surface area contributed by atoms with Crippen LogP contribution in [0.4, 0.5) is 0 Å². The first-order valence-electron chi connectivity index (χ1n) is 6.96. The van der Waals surface area contributed by atoms with Crippen LogP contribution in [-0.2, 0) is 6.61 Å². The van der Waals surface area contributed by atoms with E-state index in [-0.39, 0.29) is 5.63 Å². The summed E-state index contributed by atoms with van der Waals surface area (Å²) in [4.78, 5) is 11.5. The lowest BCUT2D eigenvalue weighted by Gasteiger charge is -2.12. The van der Waals surface area contributed by atoms with Crippen molar-refractivity contribution in [3.05, 3.63) is 74.0 Å². The Morgan fingerprint density at radius 2 is 1.91 bits per heavy atom. The van der Waals surface area contributed by atoms with Gasteiger partial charge in [0, 0.05) is 16.1 Å². The summed E-state index contributed by atoms with van der Waals surface area (Å²) in [5.74, 6) is 0.729. The van der Waals surface area contributed by atoms with Crippen LogP contribution in [-0.4, -0.2) is 0 Å². The summed E-state index contributed by atoms with van der Waals surface area (Å²) in [6.45, 7) is 4.28. The molecule has 0 N–H and O–H groups in total. The molecule has 0 spiro atoms. The van der Waals surface area contributed by atoms with Gasteiger partial charge in [0.2, 0.25) is 0 Å². The average Bonchev–Trinajstić information content (AvgIpc) is 2.45. The Bertz CT molecular complexity index is 896. The maximum absolute atomic E-state index is 11.5. The maximum Gasteiger partial charge on any atom is 0.336 e. The molecule has 0 saturated carbocycles. The fourth-order valence-corrected chi connectivity index (χ4v) is 2.86. The largest absolute Gasteiger partial charge is 0.488 e. The number of ether oxygens (including phenoxy) is 1. The lowest BCUT2D eigenvalue weighted by Crippen LogP contribution is -2.02. The molecule has 0 radical (unpaired) electrons. The van der Waals surface area contributed by atoms with Gasteiger partial charge in [0.15, 0.2) is 0 Å². The van der Waals surface area contributed by atoms with E-state index in [1.807, 2.05) is 50.2 Å². The molecule has 2 aromatic carbocycles. The summed E-state index contributed by atoms with van der Waals surface area (Å²) in [5.41, 5.74) is 3.13. The monoisotopic (exact) mass is 358 g/mol. The minimum atomic E-state index is -0.340. The highest BCUT2D eigenvalue weighted by molar-refractivity contribution is 9.10. The highest BCUT2D eigenvalue weighted by Crippen LogP contribution is 2.30. The first-order chi connectivity index (χ1) is 10.5. The summed E-state index contributed by atoms with van der Waals surface area (Å²) in [6.07, 6.45) is 0. The van der Waals surface area contributed by atoms with Crippen molar-refractivity contribution in [1.82, 2.24) is 0 Å². The lowest BCUT2D eigenvalue weighted by atomic mass is 10.1. The molecule has 0 unspecified atom stereocenters. The van der Waals surface area contributed by atoms with E-state index in [0.717, 1.165) is 32.3 Å². The second-order valence-electron chi connectivity index (χ2n) is 5.26. The SMILES string of the molecule is Cc1cc(OCc2ccccc2Br)c2c(C)cc(=O)oc2c1. The van der Waals surface area contributed by atoms with Crippen LogP contribution in [0.3, 0.4) is 0 Å². The number of benzene rings is 2. The van der Waals surface area contributed by atoms with E-state index in [2.05, 4.69) is 15.9 Å². The Hall–Kier alpha value is -2.07. The molecule has 0 aliphatic carbocycles. The zero-order valence-electron chi connectivity index (χ0n) is 12.4. The fourth-order valence-electron chi connectivity index (χ4n) is 2.46. The summed E-state index contributed by atoms with van der Waals surface area (Å²) in [7, 11) is 0. The Morgan fingerprint density at radius 3 is 2.68 bits per heavy atom. The number of hydrogen-bond donors (Lipinski definition) is 0. The van der Waals surface area contributed by atoms with Crippen molar-refractivity contribution in [2.75, 3.05) is 0 Å². The van der Waals surface area contributed by atoms with Crippen LogP contribution in [0.15, 0.2) is 56.1 Å². The molecular weight excluding hydrogens is 344 g/mol. The number of aryl methyl sites for hydroxylation is 2. The molecule has 0 amide bonds. The summed E-state index contributed by atoms with van der Waals surface area (Å²) < 4.78 is 12.3. The molecule has 3 nitrogen and oxygen atoms in total. The van der Waals surface area contributed by atoms with Crippen LogP contribution in [0.1, 0.15) is 16.7 Å². The molecule has 1 heterocycles. The normalized spacial score (nSPS) is 10.9. The van der Waals surface area contributed by atoms with Crippen molar-refractivity contribution in [3.8, 4) is 5.75 Å². The molecule has 0 aliphatic heterocycles. The second-order valence-corrected chi connectivity index (χ2v) is 6.12. The zero-order valence-corrected chi connectivity index (χ0v) is 13.9. The summed E-state index contributed by atoms with van der Waals surface area (Å²) in [6, 6.07) is 13.2. The Morgan fingerprint density at radius 1 is 1.14 bits per heavy atom. The van der Waals surface area contributed by atoms with Gasteiger partial charge in [-0.2, -0.15) is 0 Å². The van der Waals surface area contributed by atoms with Crippen LogP contribution < -0.4 is 10.4 Å². The quantitative estimate of drug-likeness (QED) is 0.634. The summed E-state index contributed by atoms with van der Waals surface area (Å²) in [5, 5.41) is 0.845. The molecule has 0 fully saturated rings. The van der Waals surface area contributed by atoms with Crippen LogP contribution in [0.5, 0.6) is 5.75 Å². The van der Waals surface area contributed by atoms with Gasteiger partial charge in [-0.3, -0.25) is 0 Å². The van der Waals surface area contributed by atoms with Crippen molar-refractivity contribution < 1.29 is 9.15 Å². The van der Waals surface area contributed by atoms with E-state index in [1.54, 1.807) is 0 Å². The third-order valence-corrected chi connectivity index (χ3v) is 4.26. The van der Waals surface area contributed by atoms with Gasteiger partial charge < -0.3 is 9.15 Å². The van der Waals surface area contributed by atoms with Crippen LogP contribution >= 0.6 is 15.9 Å². The van der Waals surface area contributed by atoms with Gasteiger partial charge in [0.1, 0.15) is 17.9 Å². The van der Waals surface area contributed by atoms with Crippen LogP contribution in [0.25, 0.3) is 11.0 Å². The molecule has 3 aromatic rings. The van der Waals surface area contributed by atoms with Crippen molar-refractivity contribution >= 4 is 26.9 Å². The molecule has 112 valence electrons. The van der Waals surface area contributed by atoms with Gasteiger partial charge in [-0.1, -0.05) is 34.1 Å².